The molecule has 1 amide bonds. The third-order valence-electron chi connectivity index (χ3n) is 3.26. The summed E-state index contributed by atoms with van der Waals surface area (Å²) < 4.78 is 5.88. The number of hydrogen-bond acceptors (Lipinski definition) is 3. The molecular formula is C17H19NO4. The van der Waals surface area contributed by atoms with Gasteiger partial charge in [0, 0.05) is 6.54 Å². The summed E-state index contributed by atoms with van der Waals surface area (Å²) in [6, 6.07) is 14.9. The Labute approximate surface area is 129 Å². The van der Waals surface area contributed by atoms with Crippen molar-refractivity contribution in [3.8, 4) is 5.75 Å². The zero-order valence-corrected chi connectivity index (χ0v) is 12.3. The molecule has 0 aliphatic heterocycles. The van der Waals surface area contributed by atoms with E-state index in [1.54, 1.807) is 6.07 Å². The lowest BCUT2D eigenvalue weighted by Crippen LogP contribution is -2.20. The molecule has 0 saturated heterocycles. The first-order valence-electron chi connectivity index (χ1n) is 7.00. The average molecular weight is 301 g/mol. The maximum Gasteiger partial charge on any atom is 0.404 e. The Morgan fingerprint density at radius 1 is 1.18 bits per heavy atom. The van der Waals surface area contributed by atoms with Crippen LogP contribution in [-0.2, 0) is 13.2 Å². The summed E-state index contributed by atoms with van der Waals surface area (Å²) in [6.07, 6.45) is -1.23. The lowest BCUT2D eigenvalue weighted by molar-refractivity contribution is 0.194. The molecule has 0 aliphatic rings. The molecule has 5 heteroatoms. The highest BCUT2D eigenvalue weighted by molar-refractivity contribution is 5.64. The minimum absolute atomic E-state index is 0.0259. The van der Waals surface area contributed by atoms with Crippen LogP contribution in [0.3, 0.4) is 0 Å². The molecular weight excluding hydrogens is 282 g/mol. The molecule has 2 aromatic rings. The van der Waals surface area contributed by atoms with Crippen molar-refractivity contribution < 1.29 is 19.7 Å². The number of ether oxygens (including phenoxy) is 1. The fourth-order valence-electron chi connectivity index (χ4n) is 2.12. The fraction of sp³-hybridized carbons (Fsp3) is 0.235. The predicted octanol–water partition coefficient (Wildman–Crippen LogP) is 3.09. The van der Waals surface area contributed by atoms with Crippen molar-refractivity contribution in [2.24, 2.45) is 0 Å². The van der Waals surface area contributed by atoms with Gasteiger partial charge in [-0.25, -0.2) is 4.79 Å². The molecule has 0 aliphatic carbocycles. The van der Waals surface area contributed by atoms with Gasteiger partial charge in [0.15, 0.2) is 0 Å². The standard InChI is InChI=1S/C17H19NO4/c1-12(22-16-7-3-5-14(9-16)11-19)15-6-2-4-13(8-15)10-18-17(20)21/h2-9,12,18-19H,10-11H2,1H3,(H,20,21). The number of rotatable bonds is 6. The van der Waals surface area contributed by atoms with Crippen molar-refractivity contribution >= 4 is 6.09 Å². The molecule has 0 bridgehead atoms. The maximum absolute atomic E-state index is 10.5. The van der Waals surface area contributed by atoms with E-state index in [-0.39, 0.29) is 19.3 Å². The number of benzene rings is 2. The van der Waals surface area contributed by atoms with Gasteiger partial charge in [-0.2, -0.15) is 0 Å². The minimum atomic E-state index is -1.05. The van der Waals surface area contributed by atoms with Crippen molar-refractivity contribution in [2.45, 2.75) is 26.2 Å². The summed E-state index contributed by atoms with van der Waals surface area (Å²) in [7, 11) is 0. The van der Waals surface area contributed by atoms with E-state index in [9.17, 15) is 4.79 Å². The van der Waals surface area contributed by atoms with Gasteiger partial charge in [-0.1, -0.05) is 36.4 Å². The maximum atomic E-state index is 10.5. The van der Waals surface area contributed by atoms with E-state index in [0.29, 0.717) is 5.75 Å². The van der Waals surface area contributed by atoms with Crippen molar-refractivity contribution in [3.63, 3.8) is 0 Å². The van der Waals surface area contributed by atoms with Gasteiger partial charge in [0.1, 0.15) is 11.9 Å². The summed E-state index contributed by atoms with van der Waals surface area (Å²) >= 11 is 0. The molecule has 5 nitrogen and oxygen atoms in total. The first-order chi connectivity index (χ1) is 10.6. The van der Waals surface area contributed by atoms with Crippen molar-refractivity contribution in [1.29, 1.82) is 0 Å². The zero-order chi connectivity index (χ0) is 15.9. The van der Waals surface area contributed by atoms with E-state index in [1.807, 2.05) is 49.4 Å². The van der Waals surface area contributed by atoms with Gasteiger partial charge in [-0.05, 0) is 35.7 Å². The van der Waals surface area contributed by atoms with Crippen LogP contribution in [0.1, 0.15) is 29.7 Å². The summed E-state index contributed by atoms with van der Waals surface area (Å²) in [6.45, 7) is 2.16. The molecule has 2 rings (SSSR count). The fourth-order valence-corrected chi connectivity index (χ4v) is 2.12. The second-order valence-electron chi connectivity index (χ2n) is 4.97. The second kappa shape index (κ2) is 7.47. The van der Waals surface area contributed by atoms with Crippen molar-refractivity contribution in [3.05, 3.63) is 65.2 Å². The van der Waals surface area contributed by atoms with Crippen LogP contribution in [0.15, 0.2) is 48.5 Å². The quantitative estimate of drug-likeness (QED) is 0.766. The van der Waals surface area contributed by atoms with Crippen molar-refractivity contribution in [1.82, 2.24) is 5.32 Å². The smallest absolute Gasteiger partial charge is 0.404 e. The van der Waals surface area contributed by atoms with E-state index in [2.05, 4.69) is 5.32 Å². The highest BCUT2D eigenvalue weighted by Crippen LogP contribution is 2.23. The Morgan fingerprint density at radius 3 is 2.64 bits per heavy atom. The lowest BCUT2D eigenvalue weighted by Gasteiger charge is -2.16. The monoisotopic (exact) mass is 301 g/mol. The Kier molecular flexibility index (Phi) is 5.38. The largest absolute Gasteiger partial charge is 0.486 e. The van der Waals surface area contributed by atoms with Gasteiger partial charge >= 0.3 is 6.09 Å². The number of aliphatic hydroxyl groups excluding tert-OH is 1. The molecule has 2 aromatic carbocycles. The molecule has 0 heterocycles. The van der Waals surface area contributed by atoms with Crippen LogP contribution < -0.4 is 10.1 Å². The van der Waals surface area contributed by atoms with E-state index >= 15 is 0 Å². The number of hydrogen-bond donors (Lipinski definition) is 3. The van der Waals surface area contributed by atoms with Gasteiger partial charge in [0.05, 0.1) is 6.61 Å². The topological polar surface area (TPSA) is 78.8 Å². The predicted molar refractivity (Wildman–Crippen MR) is 82.7 cm³/mol. The molecule has 1 atom stereocenters. The van der Waals surface area contributed by atoms with Crippen LogP contribution in [0, 0.1) is 0 Å². The first-order valence-corrected chi connectivity index (χ1v) is 7.00. The van der Waals surface area contributed by atoms with Crippen molar-refractivity contribution in [2.75, 3.05) is 0 Å². The van der Waals surface area contributed by atoms with Crippen LogP contribution in [-0.4, -0.2) is 16.3 Å². The van der Waals surface area contributed by atoms with Gasteiger partial charge < -0.3 is 20.3 Å². The van der Waals surface area contributed by atoms with Crippen LogP contribution in [0.5, 0.6) is 5.75 Å². The Bertz CT molecular complexity index is 642. The Hall–Kier alpha value is -2.53. The Morgan fingerprint density at radius 2 is 1.91 bits per heavy atom. The average Bonchev–Trinajstić information content (AvgIpc) is 2.53. The number of amides is 1. The second-order valence-corrected chi connectivity index (χ2v) is 4.97. The number of nitrogens with one attached hydrogen (secondary N) is 1. The Balaban J connectivity index is 2.06. The highest BCUT2D eigenvalue weighted by atomic mass is 16.5. The van der Waals surface area contributed by atoms with Gasteiger partial charge in [0.2, 0.25) is 0 Å². The van der Waals surface area contributed by atoms with Crippen LogP contribution in [0.2, 0.25) is 0 Å². The van der Waals surface area contributed by atoms with E-state index in [0.717, 1.165) is 16.7 Å². The number of carboxylic acid groups (broad SMARTS) is 1. The minimum Gasteiger partial charge on any atom is -0.486 e. The summed E-state index contributed by atoms with van der Waals surface area (Å²) in [4.78, 5) is 10.5. The van der Waals surface area contributed by atoms with E-state index < -0.39 is 6.09 Å². The van der Waals surface area contributed by atoms with Gasteiger partial charge in [-0.15, -0.1) is 0 Å². The number of carbonyl (C=O) groups is 1. The molecule has 1 unspecified atom stereocenters. The van der Waals surface area contributed by atoms with E-state index in [1.165, 1.54) is 0 Å². The summed E-state index contributed by atoms with van der Waals surface area (Å²) in [5, 5.41) is 20.1. The highest BCUT2D eigenvalue weighted by Gasteiger charge is 2.09. The van der Waals surface area contributed by atoms with E-state index in [4.69, 9.17) is 14.9 Å². The first kappa shape index (κ1) is 15.9. The zero-order valence-electron chi connectivity index (χ0n) is 12.3. The molecule has 3 N–H and O–H groups in total. The molecule has 0 spiro atoms. The van der Waals surface area contributed by atoms with Crippen LogP contribution in [0.4, 0.5) is 4.79 Å². The summed E-state index contributed by atoms with van der Waals surface area (Å²) in [5.41, 5.74) is 2.63. The molecule has 0 radical (unpaired) electrons. The molecule has 0 saturated carbocycles. The SMILES string of the molecule is CC(Oc1cccc(CO)c1)c1cccc(CNC(=O)O)c1. The molecule has 116 valence electrons. The van der Waals surface area contributed by atoms with Crippen LogP contribution in [0.25, 0.3) is 0 Å². The molecule has 0 fully saturated rings. The van der Waals surface area contributed by atoms with Gasteiger partial charge in [-0.3, -0.25) is 0 Å². The third-order valence-corrected chi connectivity index (χ3v) is 3.26. The third kappa shape index (κ3) is 4.49. The van der Waals surface area contributed by atoms with Gasteiger partial charge in [0.25, 0.3) is 0 Å². The number of aliphatic hydroxyl groups is 1. The molecule has 0 aromatic heterocycles. The molecule has 22 heavy (non-hydrogen) atoms. The normalized spacial score (nSPS) is 11.7. The lowest BCUT2D eigenvalue weighted by atomic mass is 10.1. The van der Waals surface area contributed by atoms with Crippen LogP contribution >= 0.6 is 0 Å². The summed E-state index contributed by atoms with van der Waals surface area (Å²) in [5.74, 6) is 0.688.